The zero-order valence-corrected chi connectivity index (χ0v) is 17.4. The molecule has 0 saturated heterocycles. The van der Waals surface area contributed by atoms with Crippen LogP contribution in [0.5, 0.6) is 0 Å². The summed E-state index contributed by atoms with van der Waals surface area (Å²) in [5.74, 6) is -0.868. The lowest BCUT2D eigenvalue weighted by Gasteiger charge is -2.19. The summed E-state index contributed by atoms with van der Waals surface area (Å²) in [5.41, 5.74) is 1.55. The van der Waals surface area contributed by atoms with Crippen LogP contribution in [0.4, 0.5) is 5.69 Å². The first kappa shape index (κ1) is 23.0. The van der Waals surface area contributed by atoms with Gasteiger partial charge in [0.15, 0.2) is 0 Å². The van der Waals surface area contributed by atoms with Crippen LogP contribution in [0, 0.1) is 18.8 Å². The van der Waals surface area contributed by atoms with E-state index in [0.29, 0.717) is 17.1 Å². The first-order valence-corrected chi connectivity index (χ1v) is 9.43. The summed E-state index contributed by atoms with van der Waals surface area (Å²) >= 11 is 6.05. The molecular weight excluding hydrogens is 368 g/mol. The van der Waals surface area contributed by atoms with Gasteiger partial charge in [0.1, 0.15) is 6.04 Å². The summed E-state index contributed by atoms with van der Waals surface area (Å²) in [5, 5.41) is 6.07. The van der Waals surface area contributed by atoms with Gasteiger partial charge in [0.25, 0.3) is 0 Å². The Morgan fingerprint density at radius 1 is 1.11 bits per heavy atom. The number of amides is 2. The molecule has 2 amide bonds. The molecule has 150 valence electrons. The van der Waals surface area contributed by atoms with Crippen LogP contribution in [0.25, 0.3) is 0 Å². The van der Waals surface area contributed by atoms with Crippen LogP contribution >= 0.6 is 11.6 Å². The minimum absolute atomic E-state index is 0.146. The van der Waals surface area contributed by atoms with Crippen LogP contribution in [0.15, 0.2) is 18.2 Å². The number of anilines is 1. The lowest BCUT2D eigenvalue weighted by Crippen LogP contribution is -2.42. The topological polar surface area (TPSA) is 84.5 Å². The molecule has 2 unspecified atom stereocenters. The van der Waals surface area contributed by atoms with Gasteiger partial charge in [-0.1, -0.05) is 38.4 Å². The minimum atomic E-state index is -0.668. The number of methoxy groups -OCH3 is 1. The Balaban J connectivity index is 2.52. The molecule has 7 heteroatoms. The van der Waals surface area contributed by atoms with Gasteiger partial charge in [-0.3, -0.25) is 9.59 Å². The van der Waals surface area contributed by atoms with Crippen molar-refractivity contribution < 1.29 is 19.1 Å². The Morgan fingerprint density at radius 2 is 1.74 bits per heavy atom. The minimum Gasteiger partial charge on any atom is -0.467 e. The molecule has 0 radical (unpaired) electrons. The van der Waals surface area contributed by atoms with Crippen molar-refractivity contribution in [1.82, 2.24) is 5.32 Å². The summed E-state index contributed by atoms with van der Waals surface area (Å²) < 4.78 is 4.74. The van der Waals surface area contributed by atoms with Crippen LogP contribution in [-0.2, 0) is 19.1 Å². The number of aryl methyl sites for hydroxylation is 1. The fourth-order valence-electron chi connectivity index (χ4n) is 2.67. The van der Waals surface area contributed by atoms with E-state index in [2.05, 4.69) is 10.6 Å². The van der Waals surface area contributed by atoms with E-state index in [9.17, 15) is 14.4 Å². The quantitative estimate of drug-likeness (QED) is 0.623. The van der Waals surface area contributed by atoms with Crippen LogP contribution in [-0.4, -0.2) is 30.9 Å². The Hall–Kier alpha value is -2.08. The van der Waals surface area contributed by atoms with Crippen molar-refractivity contribution in [2.24, 2.45) is 11.8 Å². The van der Waals surface area contributed by atoms with Crippen LogP contribution in [0.1, 0.15) is 45.6 Å². The summed E-state index contributed by atoms with van der Waals surface area (Å²) in [6.45, 7) is 7.63. The van der Waals surface area contributed by atoms with Gasteiger partial charge in [-0.05, 0) is 42.9 Å². The SMILES string of the molecule is COC(=O)C(CC(C)C)NC(=O)CC(C)CC(=O)Nc1ccc(C)c(Cl)c1. The average Bonchev–Trinajstić information content (AvgIpc) is 2.56. The number of halogens is 1. The maximum atomic E-state index is 12.2. The summed E-state index contributed by atoms with van der Waals surface area (Å²) in [6.07, 6.45) is 0.834. The molecule has 0 aliphatic heterocycles. The first-order chi connectivity index (χ1) is 12.6. The summed E-state index contributed by atoms with van der Waals surface area (Å²) in [6, 6.07) is 4.64. The fourth-order valence-corrected chi connectivity index (χ4v) is 2.85. The predicted molar refractivity (Wildman–Crippen MR) is 107 cm³/mol. The molecule has 1 aromatic carbocycles. The molecule has 0 bridgehead atoms. The molecule has 1 aromatic rings. The lowest BCUT2D eigenvalue weighted by molar-refractivity contribution is -0.145. The number of rotatable bonds is 9. The standard InChI is InChI=1S/C20H29ClN2O4/c1-12(2)8-17(20(26)27-5)23-19(25)10-13(3)9-18(24)22-15-7-6-14(4)16(21)11-15/h6-7,11-13,17H,8-10H2,1-5H3,(H,22,24)(H,23,25). The number of benzene rings is 1. The Kier molecular flexibility index (Phi) is 9.29. The second-order valence-corrected chi connectivity index (χ2v) is 7.71. The van der Waals surface area contributed by atoms with Crippen molar-refractivity contribution in [2.45, 2.75) is 53.0 Å². The molecule has 27 heavy (non-hydrogen) atoms. The number of nitrogens with one attached hydrogen (secondary N) is 2. The molecule has 1 rings (SSSR count). The van der Waals surface area contributed by atoms with Crippen LogP contribution in [0.2, 0.25) is 5.02 Å². The van der Waals surface area contributed by atoms with Crippen molar-refractivity contribution in [3.8, 4) is 0 Å². The van der Waals surface area contributed by atoms with Crippen LogP contribution < -0.4 is 10.6 Å². The smallest absolute Gasteiger partial charge is 0.328 e. The van der Waals surface area contributed by atoms with E-state index in [1.807, 2.05) is 33.8 Å². The van der Waals surface area contributed by atoms with Crippen LogP contribution in [0.3, 0.4) is 0 Å². The fraction of sp³-hybridized carbons (Fsp3) is 0.550. The maximum Gasteiger partial charge on any atom is 0.328 e. The molecule has 2 atom stereocenters. The predicted octanol–water partition coefficient (Wildman–Crippen LogP) is 3.71. The number of carbonyl (C=O) groups excluding carboxylic acids is 3. The van der Waals surface area contributed by atoms with E-state index < -0.39 is 12.0 Å². The van der Waals surface area contributed by atoms with Gasteiger partial charge in [-0.15, -0.1) is 0 Å². The third kappa shape index (κ3) is 8.43. The van der Waals surface area contributed by atoms with Gasteiger partial charge in [0.05, 0.1) is 7.11 Å². The monoisotopic (exact) mass is 396 g/mol. The molecule has 0 fully saturated rings. The van der Waals surface area contributed by atoms with E-state index in [4.69, 9.17) is 16.3 Å². The number of esters is 1. The van der Waals surface area contributed by atoms with Crippen molar-refractivity contribution in [2.75, 3.05) is 12.4 Å². The average molecular weight is 397 g/mol. The largest absolute Gasteiger partial charge is 0.467 e. The lowest BCUT2D eigenvalue weighted by atomic mass is 10.0. The molecule has 0 aromatic heterocycles. The zero-order chi connectivity index (χ0) is 20.6. The maximum absolute atomic E-state index is 12.2. The van der Waals surface area contributed by atoms with Gasteiger partial charge >= 0.3 is 5.97 Å². The highest BCUT2D eigenvalue weighted by Crippen LogP contribution is 2.20. The highest BCUT2D eigenvalue weighted by atomic mass is 35.5. The van der Waals surface area contributed by atoms with Crippen molar-refractivity contribution in [3.05, 3.63) is 28.8 Å². The number of ether oxygens (including phenoxy) is 1. The highest BCUT2D eigenvalue weighted by molar-refractivity contribution is 6.31. The molecular formula is C20H29ClN2O4. The third-order valence-electron chi connectivity index (χ3n) is 4.05. The molecule has 0 saturated carbocycles. The Morgan fingerprint density at radius 3 is 2.30 bits per heavy atom. The second-order valence-electron chi connectivity index (χ2n) is 7.30. The Labute approximate surface area is 166 Å². The second kappa shape index (κ2) is 10.9. The normalized spacial score (nSPS) is 13.0. The third-order valence-corrected chi connectivity index (χ3v) is 4.46. The molecule has 0 aliphatic rings. The van der Waals surface area contributed by atoms with Gasteiger partial charge in [-0.25, -0.2) is 4.79 Å². The van der Waals surface area contributed by atoms with Crippen molar-refractivity contribution in [1.29, 1.82) is 0 Å². The van der Waals surface area contributed by atoms with E-state index in [0.717, 1.165) is 5.56 Å². The van der Waals surface area contributed by atoms with Gasteiger partial charge in [-0.2, -0.15) is 0 Å². The van der Waals surface area contributed by atoms with E-state index in [1.165, 1.54) is 7.11 Å². The summed E-state index contributed by atoms with van der Waals surface area (Å²) in [4.78, 5) is 36.2. The van der Waals surface area contributed by atoms with Crippen molar-refractivity contribution >= 4 is 35.1 Å². The first-order valence-electron chi connectivity index (χ1n) is 9.05. The molecule has 2 N–H and O–H groups in total. The molecule has 0 spiro atoms. The van der Waals surface area contributed by atoms with Gasteiger partial charge in [0.2, 0.25) is 11.8 Å². The number of carbonyl (C=O) groups is 3. The van der Waals surface area contributed by atoms with Crippen molar-refractivity contribution in [3.63, 3.8) is 0 Å². The van der Waals surface area contributed by atoms with Gasteiger partial charge in [0, 0.05) is 23.6 Å². The Bertz CT molecular complexity index is 676. The highest BCUT2D eigenvalue weighted by Gasteiger charge is 2.23. The van der Waals surface area contributed by atoms with Gasteiger partial charge < -0.3 is 15.4 Å². The number of hydrogen-bond acceptors (Lipinski definition) is 4. The molecule has 6 nitrogen and oxygen atoms in total. The van der Waals surface area contributed by atoms with E-state index in [-0.39, 0.29) is 36.5 Å². The van der Waals surface area contributed by atoms with E-state index >= 15 is 0 Å². The summed E-state index contributed by atoms with van der Waals surface area (Å²) in [7, 11) is 1.30. The zero-order valence-electron chi connectivity index (χ0n) is 16.6. The number of hydrogen-bond donors (Lipinski definition) is 2. The van der Waals surface area contributed by atoms with E-state index in [1.54, 1.807) is 12.1 Å². The molecule has 0 aliphatic carbocycles. The molecule has 0 heterocycles.